The second-order valence-corrected chi connectivity index (χ2v) is 5.51. The molecule has 0 unspecified atom stereocenters. The van der Waals surface area contributed by atoms with Gasteiger partial charge < -0.3 is 15.4 Å². The third kappa shape index (κ3) is 4.85. The number of pyridine rings is 1. The van der Waals surface area contributed by atoms with Gasteiger partial charge >= 0.3 is 6.03 Å². The quantitative estimate of drug-likeness (QED) is 0.792. The van der Waals surface area contributed by atoms with E-state index in [0.29, 0.717) is 17.4 Å². The molecule has 0 fully saturated rings. The van der Waals surface area contributed by atoms with Crippen LogP contribution in [0.3, 0.4) is 0 Å². The molecule has 0 radical (unpaired) electrons. The Morgan fingerprint density at radius 1 is 1.52 bits per heavy atom. The average Bonchev–Trinajstić information content (AvgIpc) is 2.84. The van der Waals surface area contributed by atoms with Gasteiger partial charge in [0.25, 0.3) is 0 Å². The van der Waals surface area contributed by atoms with Crippen molar-refractivity contribution in [3.8, 4) is 5.88 Å². The number of hydrogen-bond acceptors (Lipinski definition) is 4. The number of carbonyl (C=O) groups excluding carboxylic acids is 1. The van der Waals surface area contributed by atoms with E-state index < -0.39 is 0 Å². The zero-order valence-electron chi connectivity index (χ0n) is 13.3. The van der Waals surface area contributed by atoms with Crippen molar-refractivity contribution in [2.24, 2.45) is 7.05 Å². The smallest absolute Gasteiger partial charge is 0.315 e. The summed E-state index contributed by atoms with van der Waals surface area (Å²) in [6, 6.07) is 3.02. The van der Waals surface area contributed by atoms with E-state index in [1.165, 1.54) is 0 Å². The lowest BCUT2D eigenvalue weighted by Crippen LogP contribution is -2.39. The molecule has 124 valence electrons. The Morgan fingerprint density at radius 2 is 2.30 bits per heavy atom. The SMILES string of the molecule is Cc1nn(C)cc1[C@H](C)NC(=O)NCCOc1ncccc1Cl. The van der Waals surface area contributed by atoms with E-state index in [1.807, 2.05) is 27.1 Å². The van der Waals surface area contributed by atoms with Crippen molar-refractivity contribution in [2.75, 3.05) is 13.2 Å². The van der Waals surface area contributed by atoms with Crippen LogP contribution >= 0.6 is 11.6 Å². The number of nitrogens with one attached hydrogen (secondary N) is 2. The molecule has 0 aliphatic heterocycles. The van der Waals surface area contributed by atoms with Crippen LogP contribution in [0.4, 0.5) is 4.79 Å². The van der Waals surface area contributed by atoms with Gasteiger partial charge in [-0.3, -0.25) is 4.68 Å². The lowest BCUT2D eigenvalue weighted by atomic mass is 10.1. The molecule has 2 amide bonds. The summed E-state index contributed by atoms with van der Waals surface area (Å²) in [4.78, 5) is 15.9. The highest BCUT2D eigenvalue weighted by Crippen LogP contribution is 2.19. The van der Waals surface area contributed by atoms with Crippen LogP contribution in [0.2, 0.25) is 5.02 Å². The number of urea groups is 1. The molecule has 2 rings (SSSR count). The van der Waals surface area contributed by atoms with Gasteiger partial charge in [0.1, 0.15) is 11.6 Å². The maximum Gasteiger partial charge on any atom is 0.315 e. The number of ether oxygens (including phenoxy) is 1. The Hall–Kier alpha value is -2.28. The molecule has 7 nitrogen and oxygen atoms in total. The van der Waals surface area contributed by atoms with Gasteiger partial charge in [-0.05, 0) is 26.0 Å². The number of carbonyl (C=O) groups is 1. The first-order valence-electron chi connectivity index (χ1n) is 7.25. The van der Waals surface area contributed by atoms with Gasteiger partial charge in [0, 0.05) is 25.0 Å². The molecule has 0 saturated carbocycles. The zero-order chi connectivity index (χ0) is 16.8. The normalized spacial score (nSPS) is 11.8. The van der Waals surface area contributed by atoms with Crippen molar-refractivity contribution in [1.29, 1.82) is 0 Å². The van der Waals surface area contributed by atoms with Gasteiger partial charge in [-0.2, -0.15) is 5.10 Å². The highest BCUT2D eigenvalue weighted by atomic mass is 35.5. The number of rotatable bonds is 6. The molecule has 8 heteroatoms. The number of amides is 2. The average molecular weight is 338 g/mol. The third-order valence-corrected chi connectivity index (χ3v) is 3.50. The highest BCUT2D eigenvalue weighted by Gasteiger charge is 2.14. The van der Waals surface area contributed by atoms with Crippen LogP contribution < -0.4 is 15.4 Å². The lowest BCUT2D eigenvalue weighted by Gasteiger charge is -2.14. The monoisotopic (exact) mass is 337 g/mol. The zero-order valence-corrected chi connectivity index (χ0v) is 14.1. The standard InChI is InChI=1S/C15H20ClN5O2/c1-10(12-9-21(3)20-11(12)2)19-15(22)18-7-8-23-14-13(16)5-4-6-17-14/h4-6,9-10H,7-8H2,1-3H3,(H2,18,19,22)/t10-/m0/s1. The molecule has 1 atom stereocenters. The fourth-order valence-corrected chi connectivity index (χ4v) is 2.33. The minimum absolute atomic E-state index is 0.130. The Kier molecular flexibility index (Phi) is 5.81. The van der Waals surface area contributed by atoms with E-state index in [4.69, 9.17) is 16.3 Å². The Labute approximate surface area is 140 Å². The molecule has 0 aromatic carbocycles. The second-order valence-electron chi connectivity index (χ2n) is 5.10. The van der Waals surface area contributed by atoms with Crippen LogP contribution in [0.15, 0.2) is 24.5 Å². The maximum absolute atomic E-state index is 11.9. The van der Waals surface area contributed by atoms with Crippen LogP contribution in [0.5, 0.6) is 5.88 Å². The number of halogens is 1. The van der Waals surface area contributed by atoms with Crippen molar-refractivity contribution >= 4 is 17.6 Å². The van der Waals surface area contributed by atoms with Gasteiger partial charge in [0.2, 0.25) is 5.88 Å². The molecule has 2 aromatic heterocycles. The van der Waals surface area contributed by atoms with E-state index >= 15 is 0 Å². The number of hydrogen-bond donors (Lipinski definition) is 2. The molecule has 2 heterocycles. The summed E-state index contributed by atoms with van der Waals surface area (Å²) in [6.45, 7) is 4.45. The van der Waals surface area contributed by atoms with Crippen molar-refractivity contribution in [1.82, 2.24) is 25.4 Å². The summed E-state index contributed by atoms with van der Waals surface area (Å²) in [5, 5.41) is 10.3. The minimum Gasteiger partial charge on any atom is -0.475 e. The lowest BCUT2D eigenvalue weighted by molar-refractivity contribution is 0.233. The maximum atomic E-state index is 11.9. The van der Waals surface area contributed by atoms with E-state index in [-0.39, 0.29) is 18.7 Å². The molecule has 2 N–H and O–H groups in total. The van der Waals surface area contributed by atoms with E-state index in [2.05, 4.69) is 20.7 Å². The van der Waals surface area contributed by atoms with Gasteiger partial charge in [0.05, 0.1) is 18.3 Å². The molecule has 23 heavy (non-hydrogen) atoms. The first kappa shape index (κ1) is 17.1. The molecule has 0 bridgehead atoms. The third-order valence-electron chi connectivity index (χ3n) is 3.22. The Balaban J connectivity index is 1.73. The number of nitrogens with zero attached hydrogens (tertiary/aromatic N) is 3. The molecular weight excluding hydrogens is 318 g/mol. The van der Waals surface area contributed by atoms with Crippen LogP contribution in [0.25, 0.3) is 0 Å². The fraction of sp³-hybridized carbons (Fsp3) is 0.400. The van der Waals surface area contributed by atoms with Crippen molar-refractivity contribution in [3.05, 3.63) is 40.8 Å². The summed E-state index contributed by atoms with van der Waals surface area (Å²) < 4.78 is 7.13. The van der Waals surface area contributed by atoms with E-state index in [0.717, 1.165) is 11.3 Å². The van der Waals surface area contributed by atoms with Gasteiger partial charge in [-0.15, -0.1) is 0 Å². The van der Waals surface area contributed by atoms with Crippen LogP contribution in [-0.2, 0) is 7.05 Å². The Bertz CT molecular complexity index is 674. The Morgan fingerprint density at radius 3 is 2.96 bits per heavy atom. The summed E-state index contributed by atoms with van der Waals surface area (Å²) in [5.41, 5.74) is 1.88. The van der Waals surface area contributed by atoms with Gasteiger partial charge in [-0.1, -0.05) is 11.6 Å². The van der Waals surface area contributed by atoms with E-state index in [9.17, 15) is 4.79 Å². The largest absolute Gasteiger partial charge is 0.475 e. The molecule has 0 aliphatic carbocycles. The number of aryl methyl sites for hydroxylation is 2. The second kappa shape index (κ2) is 7.82. The molecule has 0 saturated heterocycles. The summed E-state index contributed by atoms with van der Waals surface area (Å²) in [7, 11) is 1.85. The van der Waals surface area contributed by atoms with Crippen molar-refractivity contribution in [3.63, 3.8) is 0 Å². The van der Waals surface area contributed by atoms with Gasteiger partial charge in [-0.25, -0.2) is 9.78 Å². The molecule has 0 aliphatic rings. The van der Waals surface area contributed by atoms with E-state index in [1.54, 1.807) is 23.0 Å². The molecule has 2 aromatic rings. The first-order valence-corrected chi connectivity index (χ1v) is 7.63. The van der Waals surface area contributed by atoms with Crippen molar-refractivity contribution in [2.45, 2.75) is 19.9 Å². The topological polar surface area (TPSA) is 81.1 Å². The predicted octanol–water partition coefficient (Wildman–Crippen LogP) is 2.22. The minimum atomic E-state index is -0.267. The summed E-state index contributed by atoms with van der Waals surface area (Å²) in [6.07, 6.45) is 3.49. The fourth-order valence-electron chi connectivity index (χ4n) is 2.16. The van der Waals surface area contributed by atoms with Gasteiger partial charge in [0.15, 0.2) is 0 Å². The highest BCUT2D eigenvalue weighted by molar-refractivity contribution is 6.31. The van der Waals surface area contributed by atoms with Crippen LogP contribution in [0.1, 0.15) is 24.2 Å². The first-order chi connectivity index (χ1) is 11.0. The summed E-state index contributed by atoms with van der Waals surface area (Å²) in [5.74, 6) is 0.357. The van der Waals surface area contributed by atoms with Crippen LogP contribution in [-0.4, -0.2) is 33.9 Å². The van der Waals surface area contributed by atoms with Crippen LogP contribution in [0, 0.1) is 6.92 Å². The van der Waals surface area contributed by atoms with Crippen molar-refractivity contribution < 1.29 is 9.53 Å². The molecular formula is C15H20ClN5O2. The number of aromatic nitrogens is 3. The molecule has 0 spiro atoms. The predicted molar refractivity (Wildman–Crippen MR) is 87.6 cm³/mol. The summed E-state index contributed by atoms with van der Waals surface area (Å²) >= 11 is 5.92.